The van der Waals surface area contributed by atoms with Gasteiger partial charge < -0.3 is 9.47 Å². The monoisotopic (exact) mass is 242 g/mol. The molecule has 1 aliphatic rings. The average Bonchev–Trinajstić information content (AvgIpc) is 2.29. The van der Waals surface area contributed by atoms with Crippen molar-refractivity contribution in [2.45, 2.75) is 33.1 Å². The quantitative estimate of drug-likeness (QED) is 0.690. The second-order valence-electron chi connectivity index (χ2n) is 4.08. The minimum atomic E-state index is -0.495. The largest absolute Gasteiger partial charge is 0.466 e. The molecular weight excluding hydrogens is 224 g/mol. The van der Waals surface area contributed by atoms with Gasteiger partial charge in [0.05, 0.1) is 25.0 Å². The number of hydrogen-bond donors (Lipinski definition) is 0. The Balaban J connectivity index is 2.61. The van der Waals surface area contributed by atoms with Crippen molar-refractivity contribution in [3.8, 4) is 0 Å². The average molecular weight is 242 g/mol. The number of rotatable bonds is 4. The third-order valence-corrected chi connectivity index (χ3v) is 2.76. The summed E-state index contributed by atoms with van der Waals surface area (Å²) in [5.74, 6) is -1.85. The second kappa shape index (κ2) is 6.37. The van der Waals surface area contributed by atoms with E-state index in [4.69, 9.17) is 9.47 Å². The maximum atomic E-state index is 11.5. The first-order chi connectivity index (χ1) is 8.08. The number of ketones is 1. The highest BCUT2D eigenvalue weighted by Crippen LogP contribution is 2.28. The van der Waals surface area contributed by atoms with Crippen LogP contribution >= 0.6 is 0 Å². The molecule has 0 aromatic heterocycles. The van der Waals surface area contributed by atoms with Crippen LogP contribution in [-0.4, -0.2) is 30.9 Å². The molecule has 1 fully saturated rings. The van der Waals surface area contributed by atoms with Crippen LogP contribution in [-0.2, 0) is 23.9 Å². The first kappa shape index (κ1) is 13.7. The number of Topliss-reactive ketones (excluding diaryl/α,β-unsaturated/α-hetero) is 1. The lowest BCUT2D eigenvalue weighted by atomic mass is 9.80. The zero-order valence-electron chi connectivity index (χ0n) is 10.2. The molecule has 0 radical (unpaired) electrons. The maximum absolute atomic E-state index is 11.5. The van der Waals surface area contributed by atoms with Crippen LogP contribution in [0.3, 0.4) is 0 Å². The molecule has 2 unspecified atom stereocenters. The SMILES string of the molecule is CCOC(=O)C1CC(=O)CC(C(=O)OCC)C1. The van der Waals surface area contributed by atoms with E-state index < -0.39 is 23.8 Å². The van der Waals surface area contributed by atoms with Crippen LogP contribution in [0.2, 0.25) is 0 Å². The third-order valence-electron chi connectivity index (χ3n) is 2.76. The second-order valence-corrected chi connectivity index (χ2v) is 4.08. The van der Waals surface area contributed by atoms with Crippen molar-refractivity contribution in [3.05, 3.63) is 0 Å². The molecule has 17 heavy (non-hydrogen) atoms. The molecule has 5 nitrogen and oxygen atoms in total. The molecule has 1 saturated carbocycles. The van der Waals surface area contributed by atoms with Gasteiger partial charge in [0.2, 0.25) is 0 Å². The maximum Gasteiger partial charge on any atom is 0.309 e. The Kier molecular flexibility index (Phi) is 5.12. The predicted octanol–water partition coefficient (Wildman–Crippen LogP) is 1.10. The molecule has 0 saturated heterocycles. The number of carbonyl (C=O) groups is 3. The molecule has 96 valence electrons. The summed E-state index contributed by atoms with van der Waals surface area (Å²) in [7, 11) is 0. The van der Waals surface area contributed by atoms with Crippen LogP contribution in [0.4, 0.5) is 0 Å². The molecule has 0 aliphatic heterocycles. The lowest BCUT2D eigenvalue weighted by Gasteiger charge is -2.25. The lowest BCUT2D eigenvalue weighted by molar-refractivity contribution is -0.157. The summed E-state index contributed by atoms with van der Waals surface area (Å²) in [6.07, 6.45) is 0.701. The molecule has 0 aromatic rings. The highest BCUT2D eigenvalue weighted by atomic mass is 16.5. The first-order valence-electron chi connectivity index (χ1n) is 5.93. The summed E-state index contributed by atoms with van der Waals surface area (Å²) in [6.45, 7) is 4.00. The van der Waals surface area contributed by atoms with Gasteiger partial charge in [-0.15, -0.1) is 0 Å². The highest BCUT2D eigenvalue weighted by molar-refractivity contribution is 5.90. The van der Waals surface area contributed by atoms with Gasteiger partial charge in [0.1, 0.15) is 5.78 Å². The van der Waals surface area contributed by atoms with Crippen molar-refractivity contribution in [3.63, 3.8) is 0 Å². The van der Waals surface area contributed by atoms with Crippen LogP contribution in [0.5, 0.6) is 0 Å². The third kappa shape index (κ3) is 3.84. The van der Waals surface area contributed by atoms with E-state index in [0.717, 1.165) is 0 Å². The van der Waals surface area contributed by atoms with E-state index in [1.54, 1.807) is 13.8 Å². The highest BCUT2D eigenvalue weighted by Gasteiger charge is 2.36. The van der Waals surface area contributed by atoms with Gasteiger partial charge in [-0.05, 0) is 20.3 Å². The Morgan fingerprint density at radius 3 is 1.82 bits per heavy atom. The van der Waals surface area contributed by atoms with Crippen molar-refractivity contribution in [2.24, 2.45) is 11.8 Å². The minimum absolute atomic E-state index is 0.0765. The molecule has 1 aliphatic carbocycles. The molecule has 0 amide bonds. The van der Waals surface area contributed by atoms with Gasteiger partial charge >= 0.3 is 11.9 Å². The molecule has 0 spiro atoms. The molecule has 2 atom stereocenters. The van der Waals surface area contributed by atoms with Crippen LogP contribution in [0.1, 0.15) is 33.1 Å². The van der Waals surface area contributed by atoms with Crippen molar-refractivity contribution in [1.29, 1.82) is 0 Å². The van der Waals surface area contributed by atoms with Gasteiger partial charge in [-0.2, -0.15) is 0 Å². The summed E-state index contributed by atoms with van der Waals surface area (Å²) in [4.78, 5) is 34.6. The van der Waals surface area contributed by atoms with Crippen molar-refractivity contribution < 1.29 is 23.9 Å². The number of ether oxygens (including phenoxy) is 2. The standard InChI is InChI=1S/C12H18O5/c1-3-16-11(14)8-5-9(7-10(13)6-8)12(15)17-4-2/h8-9H,3-7H2,1-2H3. The van der Waals surface area contributed by atoms with E-state index in [2.05, 4.69) is 0 Å². The van der Waals surface area contributed by atoms with Gasteiger partial charge in [0, 0.05) is 12.8 Å². The van der Waals surface area contributed by atoms with Gasteiger partial charge in [-0.1, -0.05) is 0 Å². The Morgan fingerprint density at radius 1 is 1.06 bits per heavy atom. The van der Waals surface area contributed by atoms with E-state index in [9.17, 15) is 14.4 Å². The smallest absolute Gasteiger partial charge is 0.309 e. The van der Waals surface area contributed by atoms with Gasteiger partial charge in [0.25, 0.3) is 0 Å². The van der Waals surface area contributed by atoms with E-state index >= 15 is 0 Å². The molecule has 0 bridgehead atoms. The zero-order chi connectivity index (χ0) is 12.8. The summed E-state index contributed by atoms with van der Waals surface area (Å²) in [5, 5.41) is 0. The van der Waals surface area contributed by atoms with Crippen LogP contribution < -0.4 is 0 Å². The zero-order valence-corrected chi connectivity index (χ0v) is 10.2. The fraction of sp³-hybridized carbons (Fsp3) is 0.750. The molecular formula is C12H18O5. The van der Waals surface area contributed by atoms with E-state index in [1.807, 2.05) is 0 Å². The normalized spacial score (nSPS) is 24.2. The molecule has 5 heteroatoms. The molecule has 0 heterocycles. The van der Waals surface area contributed by atoms with Crippen LogP contribution in [0.25, 0.3) is 0 Å². The van der Waals surface area contributed by atoms with Gasteiger partial charge in [0.15, 0.2) is 0 Å². The van der Waals surface area contributed by atoms with Crippen LogP contribution in [0, 0.1) is 11.8 Å². The fourth-order valence-electron chi connectivity index (χ4n) is 2.02. The predicted molar refractivity (Wildman–Crippen MR) is 59.1 cm³/mol. The lowest BCUT2D eigenvalue weighted by Crippen LogP contribution is -2.33. The molecule has 0 N–H and O–H groups in total. The minimum Gasteiger partial charge on any atom is -0.466 e. The van der Waals surface area contributed by atoms with E-state index in [1.165, 1.54) is 0 Å². The summed E-state index contributed by atoms with van der Waals surface area (Å²) >= 11 is 0. The van der Waals surface area contributed by atoms with Gasteiger partial charge in [-0.25, -0.2) is 0 Å². The van der Waals surface area contributed by atoms with Crippen molar-refractivity contribution in [2.75, 3.05) is 13.2 Å². The number of esters is 2. The first-order valence-corrected chi connectivity index (χ1v) is 5.93. The summed E-state index contributed by atoms with van der Waals surface area (Å²) in [6, 6.07) is 0. The molecule has 0 aromatic carbocycles. The number of carbonyl (C=O) groups excluding carboxylic acids is 3. The fourth-order valence-corrected chi connectivity index (χ4v) is 2.02. The Bertz CT molecular complexity index is 282. The molecule has 1 rings (SSSR count). The van der Waals surface area contributed by atoms with E-state index in [-0.39, 0.29) is 31.8 Å². The Hall–Kier alpha value is -1.39. The topological polar surface area (TPSA) is 69.7 Å². The van der Waals surface area contributed by atoms with Gasteiger partial charge in [-0.3, -0.25) is 14.4 Å². The summed E-state index contributed by atoms with van der Waals surface area (Å²) < 4.78 is 9.75. The Morgan fingerprint density at radius 2 is 1.47 bits per heavy atom. The summed E-state index contributed by atoms with van der Waals surface area (Å²) in [5.41, 5.74) is 0. The number of hydrogen-bond acceptors (Lipinski definition) is 5. The Labute approximate surface area is 100 Å². The van der Waals surface area contributed by atoms with Crippen molar-refractivity contribution >= 4 is 17.7 Å². The van der Waals surface area contributed by atoms with Crippen LogP contribution in [0.15, 0.2) is 0 Å². The van der Waals surface area contributed by atoms with Crippen molar-refractivity contribution in [1.82, 2.24) is 0 Å². The van der Waals surface area contributed by atoms with E-state index in [0.29, 0.717) is 6.42 Å².